The number of aromatic nitrogens is 2. The number of carbonyl (C=O) groups excluding carboxylic acids is 2. The van der Waals surface area contributed by atoms with Gasteiger partial charge in [-0.25, -0.2) is 0 Å². The van der Waals surface area contributed by atoms with Crippen molar-refractivity contribution in [2.75, 3.05) is 4.90 Å². The van der Waals surface area contributed by atoms with E-state index in [0.29, 0.717) is 18.2 Å². The lowest BCUT2D eigenvalue weighted by atomic mass is 9.92. The first kappa shape index (κ1) is 21.7. The first-order valence-electron chi connectivity index (χ1n) is 11.9. The van der Waals surface area contributed by atoms with Gasteiger partial charge in [0.2, 0.25) is 5.91 Å². The van der Waals surface area contributed by atoms with Crippen molar-refractivity contribution in [1.82, 2.24) is 15.1 Å². The van der Waals surface area contributed by atoms with Crippen molar-refractivity contribution in [3.8, 4) is 0 Å². The van der Waals surface area contributed by atoms with Gasteiger partial charge in [0.1, 0.15) is 11.2 Å². The number of fused-ring (bicyclic) bond motifs is 1. The maximum atomic E-state index is 13.8. The first-order chi connectivity index (χ1) is 15.4. The van der Waals surface area contributed by atoms with Crippen molar-refractivity contribution in [1.29, 1.82) is 0 Å². The summed E-state index contributed by atoms with van der Waals surface area (Å²) in [5, 5.41) is 8.05. The van der Waals surface area contributed by atoms with Gasteiger partial charge in [0.25, 0.3) is 5.91 Å². The quantitative estimate of drug-likeness (QED) is 0.596. The molecule has 1 atom stereocenters. The predicted octanol–water partition coefficient (Wildman–Crippen LogP) is 5.09. The summed E-state index contributed by atoms with van der Waals surface area (Å²) in [5.74, 6) is 0.207. The fourth-order valence-corrected chi connectivity index (χ4v) is 5.36. The molecule has 1 aliphatic heterocycles. The Bertz CT molecular complexity index is 1050. The van der Waals surface area contributed by atoms with E-state index in [9.17, 15) is 9.59 Å². The van der Waals surface area contributed by atoms with Crippen molar-refractivity contribution in [2.45, 2.75) is 89.3 Å². The molecule has 2 aromatic rings. The smallest absolute Gasteiger partial charge is 0.277 e. The maximum Gasteiger partial charge on any atom is 0.277 e. The molecule has 1 unspecified atom stereocenters. The molecule has 2 aliphatic carbocycles. The largest absolute Gasteiger partial charge is 0.351 e. The molecule has 5 rings (SSSR count). The minimum Gasteiger partial charge on any atom is -0.351 e. The number of nitrogens with one attached hydrogen (secondary N) is 1. The second-order valence-corrected chi connectivity index (χ2v) is 10.8. The SMILES string of the molecule is Cc1cc(N2C(=O)c3cc(C4CC4)nn3CC2(C)C(=O)NC2CCCCCC2)ccc1Br. The third-order valence-electron chi connectivity index (χ3n) is 7.25. The molecule has 3 aliphatic rings. The monoisotopic (exact) mass is 498 g/mol. The lowest BCUT2D eigenvalue weighted by molar-refractivity contribution is -0.127. The molecule has 0 spiro atoms. The van der Waals surface area contributed by atoms with Gasteiger partial charge in [0, 0.05) is 22.1 Å². The van der Waals surface area contributed by atoms with Crippen LogP contribution in [0.4, 0.5) is 5.69 Å². The Hall–Kier alpha value is -2.15. The summed E-state index contributed by atoms with van der Waals surface area (Å²) in [6.07, 6.45) is 9.01. The predicted molar refractivity (Wildman–Crippen MR) is 128 cm³/mol. The van der Waals surface area contributed by atoms with E-state index in [4.69, 9.17) is 5.10 Å². The van der Waals surface area contributed by atoms with Gasteiger partial charge in [-0.1, -0.05) is 41.6 Å². The zero-order valence-electron chi connectivity index (χ0n) is 18.9. The lowest BCUT2D eigenvalue weighted by Gasteiger charge is -2.43. The Balaban J connectivity index is 1.53. The van der Waals surface area contributed by atoms with Crippen LogP contribution < -0.4 is 10.2 Å². The van der Waals surface area contributed by atoms with Crippen LogP contribution in [0.3, 0.4) is 0 Å². The van der Waals surface area contributed by atoms with Crippen LogP contribution in [0.1, 0.15) is 86.0 Å². The number of amides is 2. The Labute approximate surface area is 197 Å². The molecule has 170 valence electrons. The summed E-state index contributed by atoms with van der Waals surface area (Å²) in [6, 6.07) is 7.95. The Morgan fingerprint density at radius 2 is 1.84 bits per heavy atom. The van der Waals surface area contributed by atoms with Gasteiger partial charge >= 0.3 is 0 Å². The zero-order valence-corrected chi connectivity index (χ0v) is 20.5. The van der Waals surface area contributed by atoms with Crippen LogP contribution in [0.25, 0.3) is 0 Å². The number of rotatable bonds is 4. The fourth-order valence-electron chi connectivity index (χ4n) is 5.12. The standard InChI is InChI=1S/C25H31BrN4O2/c1-16-13-19(11-12-20(16)26)30-23(31)22-14-21(17-9-10-17)28-29(22)15-25(30,2)24(32)27-18-7-5-3-4-6-8-18/h11-14,17-18H,3-10,15H2,1-2H3,(H,27,32). The second-order valence-electron chi connectivity index (χ2n) is 9.90. The van der Waals surface area contributed by atoms with Crippen molar-refractivity contribution >= 4 is 33.4 Å². The normalized spacial score (nSPS) is 24.2. The van der Waals surface area contributed by atoms with Crippen molar-refractivity contribution in [3.05, 3.63) is 45.7 Å². The number of hydrogen-bond acceptors (Lipinski definition) is 3. The van der Waals surface area contributed by atoms with E-state index in [-0.39, 0.29) is 17.9 Å². The van der Waals surface area contributed by atoms with Crippen LogP contribution in [0.15, 0.2) is 28.7 Å². The van der Waals surface area contributed by atoms with Gasteiger partial charge in [-0.3, -0.25) is 19.2 Å². The highest BCUT2D eigenvalue weighted by Gasteiger charge is 2.49. The van der Waals surface area contributed by atoms with Gasteiger partial charge in [0.05, 0.1) is 12.2 Å². The molecule has 6 nitrogen and oxygen atoms in total. The number of aryl methyl sites for hydroxylation is 1. The third-order valence-corrected chi connectivity index (χ3v) is 8.14. The van der Waals surface area contributed by atoms with Crippen molar-refractivity contribution in [3.63, 3.8) is 0 Å². The van der Waals surface area contributed by atoms with Gasteiger partial charge in [-0.05, 0) is 69.4 Å². The molecular weight excluding hydrogens is 468 g/mol. The molecule has 2 heterocycles. The molecule has 1 N–H and O–H groups in total. The highest BCUT2D eigenvalue weighted by atomic mass is 79.9. The maximum absolute atomic E-state index is 13.8. The number of carbonyl (C=O) groups is 2. The van der Waals surface area contributed by atoms with Crippen molar-refractivity contribution in [2.24, 2.45) is 0 Å². The fraction of sp³-hybridized carbons (Fsp3) is 0.560. The Morgan fingerprint density at radius 1 is 1.12 bits per heavy atom. The van der Waals surface area contributed by atoms with Crippen molar-refractivity contribution < 1.29 is 9.59 Å². The summed E-state index contributed by atoms with van der Waals surface area (Å²) >= 11 is 3.55. The molecule has 0 bridgehead atoms. The number of halogens is 1. The number of nitrogens with zero attached hydrogens (tertiary/aromatic N) is 3. The minimum atomic E-state index is -1.05. The highest BCUT2D eigenvalue weighted by Crippen LogP contribution is 2.41. The van der Waals surface area contributed by atoms with Crippen LogP contribution >= 0.6 is 15.9 Å². The zero-order chi connectivity index (χ0) is 22.5. The third kappa shape index (κ3) is 3.89. The van der Waals surface area contributed by atoms with Gasteiger partial charge in [-0.2, -0.15) is 5.10 Å². The molecule has 2 amide bonds. The lowest BCUT2D eigenvalue weighted by Crippen LogP contribution is -2.65. The van der Waals surface area contributed by atoms with Gasteiger partial charge < -0.3 is 5.32 Å². The molecule has 1 aromatic heterocycles. The van der Waals surface area contributed by atoms with E-state index in [0.717, 1.165) is 59.9 Å². The number of hydrogen-bond donors (Lipinski definition) is 1. The van der Waals surface area contributed by atoms with E-state index in [1.807, 2.05) is 38.1 Å². The molecular formula is C25H31BrN4O2. The van der Waals surface area contributed by atoms with E-state index in [1.54, 1.807) is 9.58 Å². The summed E-state index contributed by atoms with van der Waals surface area (Å²) in [6.45, 7) is 4.24. The molecule has 2 fully saturated rings. The van der Waals surface area contributed by atoms with Crippen LogP contribution in [0.5, 0.6) is 0 Å². The molecule has 1 aromatic carbocycles. The van der Waals surface area contributed by atoms with Crippen LogP contribution in [0, 0.1) is 6.92 Å². The number of anilines is 1. The number of benzene rings is 1. The van der Waals surface area contributed by atoms with E-state index in [2.05, 4.69) is 21.2 Å². The Morgan fingerprint density at radius 3 is 2.50 bits per heavy atom. The molecule has 2 saturated carbocycles. The summed E-state index contributed by atoms with van der Waals surface area (Å²) in [5.41, 5.74) is 2.28. The van der Waals surface area contributed by atoms with E-state index in [1.165, 1.54) is 12.8 Å². The summed E-state index contributed by atoms with van der Waals surface area (Å²) in [7, 11) is 0. The van der Waals surface area contributed by atoms with Gasteiger partial charge in [0.15, 0.2) is 0 Å². The van der Waals surface area contributed by atoms with Gasteiger partial charge in [-0.15, -0.1) is 0 Å². The van der Waals surface area contributed by atoms with E-state index >= 15 is 0 Å². The summed E-state index contributed by atoms with van der Waals surface area (Å²) in [4.78, 5) is 29.3. The van der Waals surface area contributed by atoms with Crippen LogP contribution in [-0.2, 0) is 11.3 Å². The topological polar surface area (TPSA) is 67.2 Å². The molecule has 7 heteroatoms. The Kier molecular flexibility index (Phi) is 5.64. The average molecular weight is 499 g/mol. The van der Waals surface area contributed by atoms with Crippen LogP contribution in [0.2, 0.25) is 0 Å². The van der Waals surface area contributed by atoms with Crippen LogP contribution in [-0.4, -0.2) is 33.2 Å². The van der Waals surface area contributed by atoms with E-state index < -0.39 is 5.54 Å². The molecule has 0 radical (unpaired) electrons. The highest BCUT2D eigenvalue weighted by molar-refractivity contribution is 9.10. The molecule has 32 heavy (non-hydrogen) atoms. The average Bonchev–Trinajstić information content (AvgIpc) is 3.56. The second kappa shape index (κ2) is 8.32. The first-order valence-corrected chi connectivity index (χ1v) is 12.7. The summed E-state index contributed by atoms with van der Waals surface area (Å²) < 4.78 is 2.75. The minimum absolute atomic E-state index is 0.0903. The molecule has 0 saturated heterocycles.